The molecule has 0 amide bonds. The van der Waals surface area contributed by atoms with Gasteiger partial charge in [0.25, 0.3) is 0 Å². The van der Waals surface area contributed by atoms with Gasteiger partial charge in [0.2, 0.25) is 0 Å². The molecule has 1 aliphatic heterocycles. The number of allylic oxidation sites excluding steroid dienone is 2. The molecule has 25 heavy (non-hydrogen) atoms. The standard InChI is InChI=1S/C23H21NO/c1-25-21-14-6-13-20-17-10-5-12-19(17)22(24-23(20)21)18-11-4-8-15-7-2-3-9-16(15)18/h2-11,13-14,17,19,22,24H,12H2,1H3/t17-,19-,22-/m1/s1. The van der Waals surface area contributed by atoms with E-state index < -0.39 is 0 Å². The molecule has 0 unspecified atom stereocenters. The minimum atomic E-state index is 0.287. The molecule has 0 saturated carbocycles. The number of anilines is 1. The molecule has 0 bridgehead atoms. The predicted octanol–water partition coefficient (Wildman–Crippen LogP) is 5.67. The highest BCUT2D eigenvalue weighted by molar-refractivity contribution is 5.87. The zero-order valence-corrected chi connectivity index (χ0v) is 14.3. The van der Waals surface area contributed by atoms with E-state index >= 15 is 0 Å². The Labute approximate surface area is 148 Å². The fourth-order valence-electron chi connectivity index (χ4n) is 4.59. The number of methoxy groups -OCH3 is 1. The smallest absolute Gasteiger partial charge is 0.142 e. The first-order chi connectivity index (χ1) is 12.4. The number of ether oxygens (including phenoxy) is 1. The molecule has 1 aliphatic carbocycles. The molecule has 2 aliphatic rings. The molecule has 3 atom stereocenters. The van der Waals surface area contributed by atoms with Gasteiger partial charge in [-0.2, -0.15) is 0 Å². The van der Waals surface area contributed by atoms with Crippen molar-refractivity contribution >= 4 is 16.5 Å². The summed E-state index contributed by atoms with van der Waals surface area (Å²) in [6.07, 6.45) is 5.83. The van der Waals surface area contributed by atoms with Gasteiger partial charge in [0, 0.05) is 5.92 Å². The number of hydrogen-bond acceptors (Lipinski definition) is 2. The molecule has 2 heteroatoms. The van der Waals surface area contributed by atoms with Gasteiger partial charge in [-0.15, -0.1) is 0 Å². The van der Waals surface area contributed by atoms with E-state index in [1.807, 2.05) is 6.07 Å². The van der Waals surface area contributed by atoms with Crippen LogP contribution in [0.3, 0.4) is 0 Å². The highest BCUT2D eigenvalue weighted by Crippen LogP contribution is 2.52. The fourth-order valence-corrected chi connectivity index (χ4v) is 4.59. The maximum Gasteiger partial charge on any atom is 0.142 e. The van der Waals surface area contributed by atoms with E-state index in [4.69, 9.17) is 4.74 Å². The van der Waals surface area contributed by atoms with Crippen molar-refractivity contribution in [3.05, 3.63) is 83.9 Å². The second-order valence-corrected chi connectivity index (χ2v) is 6.97. The zero-order chi connectivity index (χ0) is 16.8. The summed E-state index contributed by atoms with van der Waals surface area (Å²) >= 11 is 0. The number of rotatable bonds is 2. The Balaban J connectivity index is 1.70. The van der Waals surface area contributed by atoms with Crippen molar-refractivity contribution in [2.45, 2.75) is 18.4 Å². The molecular weight excluding hydrogens is 306 g/mol. The highest BCUT2D eigenvalue weighted by Gasteiger charge is 2.39. The summed E-state index contributed by atoms with van der Waals surface area (Å²) < 4.78 is 5.65. The molecule has 0 radical (unpaired) electrons. The first kappa shape index (κ1) is 14.6. The van der Waals surface area contributed by atoms with Gasteiger partial charge in [0.15, 0.2) is 0 Å². The average Bonchev–Trinajstić information content (AvgIpc) is 3.16. The van der Waals surface area contributed by atoms with Crippen molar-refractivity contribution in [3.8, 4) is 5.75 Å². The van der Waals surface area contributed by atoms with Crippen LogP contribution in [0.25, 0.3) is 10.8 Å². The van der Waals surface area contributed by atoms with Gasteiger partial charge in [-0.3, -0.25) is 0 Å². The summed E-state index contributed by atoms with van der Waals surface area (Å²) in [5.41, 5.74) is 3.89. The van der Waals surface area contributed by atoms with E-state index in [0.29, 0.717) is 11.8 Å². The van der Waals surface area contributed by atoms with Crippen molar-refractivity contribution < 1.29 is 4.74 Å². The monoisotopic (exact) mass is 327 g/mol. The van der Waals surface area contributed by atoms with Crippen LogP contribution in [0.5, 0.6) is 5.75 Å². The topological polar surface area (TPSA) is 21.3 Å². The van der Waals surface area contributed by atoms with E-state index in [2.05, 4.69) is 72.1 Å². The minimum Gasteiger partial charge on any atom is -0.495 e. The van der Waals surface area contributed by atoms with Crippen LogP contribution in [-0.4, -0.2) is 7.11 Å². The fraction of sp³-hybridized carbons (Fsp3) is 0.217. The Morgan fingerprint density at radius 3 is 2.64 bits per heavy atom. The lowest BCUT2D eigenvalue weighted by atomic mass is 9.76. The van der Waals surface area contributed by atoms with Gasteiger partial charge >= 0.3 is 0 Å². The molecule has 0 fully saturated rings. The summed E-state index contributed by atoms with van der Waals surface area (Å²) in [6.45, 7) is 0. The van der Waals surface area contributed by atoms with Gasteiger partial charge in [-0.25, -0.2) is 0 Å². The van der Waals surface area contributed by atoms with E-state index in [-0.39, 0.29) is 6.04 Å². The van der Waals surface area contributed by atoms with Crippen LogP contribution in [-0.2, 0) is 0 Å². The van der Waals surface area contributed by atoms with Crippen LogP contribution in [0.1, 0.15) is 29.5 Å². The van der Waals surface area contributed by atoms with Crippen LogP contribution in [0.15, 0.2) is 72.8 Å². The van der Waals surface area contributed by atoms with Crippen LogP contribution in [0.4, 0.5) is 5.69 Å². The summed E-state index contributed by atoms with van der Waals surface area (Å²) in [7, 11) is 1.75. The lowest BCUT2D eigenvalue weighted by molar-refractivity contribution is 0.398. The number of nitrogens with one attached hydrogen (secondary N) is 1. The van der Waals surface area contributed by atoms with Crippen molar-refractivity contribution in [2.24, 2.45) is 5.92 Å². The van der Waals surface area contributed by atoms with Crippen LogP contribution in [0.2, 0.25) is 0 Å². The largest absolute Gasteiger partial charge is 0.495 e. The molecule has 0 spiro atoms. The summed E-state index contributed by atoms with van der Waals surface area (Å²) in [5.74, 6) is 1.93. The van der Waals surface area contributed by atoms with Crippen molar-refractivity contribution in [2.75, 3.05) is 12.4 Å². The molecule has 0 saturated heterocycles. The molecule has 1 heterocycles. The van der Waals surface area contributed by atoms with E-state index in [0.717, 1.165) is 17.9 Å². The lowest BCUT2D eigenvalue weighted by Crippen LogP contribution is -2.29. The molecule has 2 nitrogen and oxygen atoms in total. The zero-order valence-electron chi connectivity index (χ0n) is 14.3. The Morgan fingerprint density at radius 1 is 0.920 bits per heavy atom. The van der Waals surface area contributed by atoms with Gasteiger partial charge in [0.05, 0.1) is 18.8 Å². The summed E-state index contributed by atoms with van der Waals surface area (Å²) in [6, 6.07) is 22.0. The number of fused-ring (bicyclic) bond motifs is 4. The third kappa shape index (κ3) is 2.17. The van der Waals surface area contributed by atoms with Gasteiger partial charge in [-0.1, -0.05) is 66.7 Å². The first-order valence-electron chi connectivity index (χ1n) is 8.94. The Kier molecular flexibility index (Phi) is 3.30. The Hall–Kier alpha value is -2.74. The maximum atomic E-state index is 5.65. The molecule has 0 aromatic heterocycles. The second kappa shape index (κ2) is 5.66. The SMILES string of the molecule is COc1cccc2c1N[C@H](c1cccc3ccccc13)[C@@H]1CC=C[C@@H]21. The van der Waals surface area contributed by atoms with E-state index in [9.17, 15) is 0 Å². The van der Waals surface area contributed by atoms with Gasteiger partial charge in [-0.05, 0) is 40.3 Å². The third-order valence-corrected chi connectivity index (χ3v) is 5.74. The molecule has 5 rings (SSSR count). The van der Waals surface area contributed by atoms with Crippen molar-refractivity contribution in [1.29, 1.82) is 0 Å². The molecule has 3 aromatic carbocycles. The summed E-state index contributed by atoms with van der Waals surface area (Å²) in [4.78, 5) is 0. The normalized spacial score (nSPS) is 23.8. The van der Waals surface area contributed by atoms with Crippen molar-refractivity contribution in [3.63, 3.8) is 0 Å². The van der Waals surface area contributed by atoms with Crippen LogP contribution >= 0.6 is 0 Å². The molecule has 3 aromatic rings. The van der Waals surface area contributed by atoms with Crippen LogP contribution in [0, 0.1) is 5.92 Å². The number of para-hydroxylation sites is 1. The third-order valence-electron chi connectivity index (χ3n) is 5.74. The average molecular weight is 327 g/mol. The molecule has 1 N–H and O–H groups in total. The van der Waals surface area contributed by atoms with E-state index in [1.165, 1.54) is 21.9 Å². The second-order valence-electron chi connectivity index (χ2n) is 6.97. The lowest BCUT2D eigenvalue weighted by Gasteiger charge is -2.38. The van der Waals surface area contributed by atoms with Gasteiger partial charge < -0.3 is 10.1 Å². The first-order valence-corrected chi connectivity index (χ1v) is 8.94. The molecule has 124 valence electrons. The predicted molar refractivity (Wildman–Crippen MR) is 103 cm³/mol. The Bertz CT molecular complexity index is 969. The molecular formula is C23H21NO. The van der Waals surface area contributed by atoms with Crippen LogP contribution < -0.4 is 10.1 Å². The number of hydrogen-bond donors (Lipinski definition) is 1. The number of benzene rings is 3. The van der Waals surface area contributed by atoms with E-state index in [1.54, 1.807) is 7.11 Å². The highest BCUT2D eigenvalue weighted by atomic mass is 16.5. The Morgan fingerprint density at radius 2 is 1.72 bits per heavy atom. The minimum absolute atomic E-state index is 0.287. The van der Waals surface area contributed by atoms with Crippen molar-refractivity contribution in [1.82, 2.24) is 0 Å². The van der Waals surface area contributed by atoms with Gasteiger partial charge in [0.1, 0.15) is 5.75 Å². The summed E-state index contributed by atoms with van der Waals surface area (Å²) in [5, 5.41) is 6.47. The maximum absolute atomic E-state index is 5.65. The quantitative estimate of drug-likeness (QED) is 0.612.